The maximum Gasteiger partial charge on any atom is 0.270 e. The molecule has 98 valence electrons. The molecule has 2 aromatic rings. The average molecular weight is 268 g/mol. The van der Waals surface area contributed by atoms with E-state index in [1.807, 2.05) is 0 Å². The van der Waals surface area contributed by atoms with Gasteiger partial charge in [0.2, 0.25) is 0 Å². The van der Waals surface area contributed by atoms with Gasteiger partial charge < -0.3 is 0 Å². The van der Waals surface area contributed by atoms with Gasteiger partial charge >= 0.3 is 0 Å². The van der Waals surface area contributed by atoms with Crippen LogP contribution in [0.3, 0.4) is 0 Å². The number of rotatable bonds is 2. The van der Waals surface area contributed by atoms with E-state index in [0.29, 0.717) is 11.1 Å². The van der Waals surface area contributed by atoms with Crippen molar-refractivity contribution in [2.24, 2.45) is 0 Å². The van der Waals surface area contributed by atoms with E-state index in [4.69, 9.17) is 0 Å². The van der Waals surface area contributed by atoms with Crippen LogP contribution in [0.2, 0.25) is 0 Å². The summed E-state index contributed by atoms with van der Waals surface area (Å²) < 4.78 is 0. The van der Waals surface area contributed by atoms with Crippen molar-refractivity contribution in [3.05, 3.63) is 79.9 Å². The van der Waals surface area contributed by atoms with E-state index < -0.39 is 9.85 Å². The van der Waals surface area contributed by atoms with E-state index in [2.05, 4.69) is 11.8 Å². The summed E-state index contributed by atoms with van der Waals surface area (Å²) in [5.41, 5.74) is 0.864. The van der Waals surface area contributed by atoms with E-state index in [1.54, 1.807) is 12.1 Å². The molecule has 0 aliphatic carbocycles. The molecule has 2 aromatic carbocycles. The van der Waals surface area contributed by atoms with Gasteiger partial charge in [0, 0.05) is 35.4 Å². The molecule has 0 bridgehead atoms. The van der Waals surface area contributed by atoms with Crippen molar-refractivity contribution >= 4 is 11.4 Å². The van der Waals surface area contributed by atoms with Crippen LogP contribution in [0.25, 0.3) is 0 Å². The van der Waals surface area contributed by atoms with Gasteiger partial charge in [-0.1, -0.05) is 24.0 Å². The van der Waals surface area contributed by atoms with Gasteiger partial charge in [0.25, 0.3) is 11.4 Å². The summed E-state index contributed by atoms with van der Waals surface area (Å²) >= 11 is 0. The number of hydrogen-bond donors (Lipinski definition) is 0. The zero-order chi connectivity index (χ0) is 14.5. The smallest absolute Gasteiger partial charge is 0.258 e. The summed E-state index contributed by atoms with van der Waals surface area (Å²) in [5, 5.41) is 21.3. The predicted octanol–water partition coefficient (Wildman–Crippen LogP) is 2.90. The Morgan fingerprint density at radius 3 is 1.50 bits per heavy atom. The van der Waals surface area contributed by atoms with Crippen molar-refractivity contribution in [2.75, 3.05) is 0 Å². The number of nitrogens with zero attached hydrogens (tertiary/aromatic N) is 2. The molecule has 0 spiro atoms. The predicted molar refractivity (Wildman–Crippen MR) is 72.2 cm³/mol. The van der Waals surface area contributed by atoms with Crippen LogP contribution in [-0.2, 0) is 0 Å². The third-order valence-electron chi connectivity index (χ3n) is 2.47. The van der Waals surface area contributed by atoms with Crippen LogP contribution < -0.4 is 0 Å². The number of benzene rings is 2. The lowest BCUT2D eigenvalue weighted by molar-refractivity contribution is -0.385. The zero-order valence-electron chi connectivity index (χ0n) is 10.1. The molecule has 0 unspecified atom stereocenters. The summed E-state index contributed by atoms with van der Waals surface area (Å²) in [4.78, 5) is 20.3. The fourth-order valence-corrected chi connectivity index (χ4v) is 1.54. The third-order valence-corrected chi connectivity index (χ3v) is 2.47. The maximum atomic E-state index is 10.6. The van der Waals surface area contributed by atoms with Gasteiger partial charge in [-0.15, -0.1) is 0 Å². The van der Waals surface area contributed by atoms with Gasteiger partial charge in [-0.2, -0.15) is 0 Å². The van der Waals surface area contributed by atoms with E-state index >= 15 is 0 Å². The van der Waals surface area contributed by atoms with Crippen molar-refractivity contribution in [1.29, 1.82) is 0 Å². The largest absolute Gasteiger partial charge is 0.270 e. The topological polar surface area (TPSA) is 86.3 Å². The SMILES string of the molecule is O=[N+]([O-])c1cccc(C#Cc2cccc([N+](=O)[O-])c2)c1. The van der Waals surface area contributed by atoms with Gasteiger partial charge in [-0.05, 0) is 12.1 Å². The number of non-ortho nitro benzene ring substituents is 2. The summed E-state index contributed by atoms with van der Waals surface area (Å²) in [6.45, 7) is 0. The highest BCUT2D eigenvalue weighted by atomic mass is 16.6. The monoisotopic (exact) mass is 268 g/mol. The Labute approximate surface area is 114 Å². The molecule has 0 radical (unpaired) electrons. The highest BCUT2D eigenvalue weighted by molar-refractivity contribution is 5.49. The normalized spacial score (nSPS) is 9.40. The molecular formula is C14H8N2O4. The van der Waals surface area contributed by atoms with Gasteiger partial charge in [0.1, 0.15) is 0 Å². The van der Waals surface area contributed by atoms with Crippen molar-refractivity contribution in [3.63, 3.8) is 0 Å². The molecular weight excluding hydrogens is 260 g/mol. The van der Waals surface area contributed by atoms with Crippen molar-refractivity contribution in [3.8, 4) is 11.8 Å². The first-order chi connectivity index (χ1) is 9.56. The minimum atomic E-state index is -0.501. The van der Waals surface area contributed by atoms with Crippen LogP contribution >= 0.6 is 0 Å². The molecule has 0 saturated carbocycles. The van der Waals surface area contributed by atoms with Crippen LogP contribution in [0.5, 0.6) is 0 Å². The second-order valence-corrected chi connectivity index (χ2v) is 3.86. The molecule has 2 rings (SSSR count). The Kier molecular flexibility index (Phi) is 3.72. The van der Waals surface area contributed by atoms with Crippen molar-refractivity contribution < 1.29 is 9.85 Å². The molecule has 20 heavy (non-hydrogen) atoms. The van der Waals surface area contributed by atoms with Crippen LogP contribution in [0.1, 0.15) is 11.1 Å². The minimum absolute atomic E-state index is 0.0455. The highest BCUT2D eigenvalue weighted by Gasteiger charge is 2.05. The Morgan fingerprint density at radius 1 is 0.750 bits per heavy atom. The average Bonchev–Trinajstić information content (AvgIpc) is 2.45. The van der Waals surface area contributed by atoms with E-state index in [9.17, 15) is 20.2 Å². The Morgan fingerprint density at radius 2 is 1.15 bits per heavy atom. The molecule has 0 fully saturated rings. The molecule has 0 aliphatic heterocycles. The second-order valence-electron chi connectivity index (χ2n) is 3.86. The van der Waals surface area contributed by atoms with Crippen LogP contribution in [0.15, 0.2) is 48.5 Å². The summed E-state index contributed by atoms with van der Waals surface area (Å²) in [5.74, 6) is 5.49. The molecule has 0 atom stereocenters. The van der Waals surface area contributed by atoms with Gasteiger partial charge in [-0.25, -0.2) is 0 Å². The minimum Gasteiger partial charge on any atom is -0.258 e. The van der Waals surface area contributed by atoms with E-state index in [1.165, 1.54) is 36.4 Å². The van der Waals surface area contributed by atoms with Gasteiger partial charge in [0.05, 0.1) is 9.85 Å². The van der Waals surface area contributed by atoms with Crippen LogP contribution in [-0.4, -0.2) is 9.85 Å². The molecule has 0 aromatic heterocycles. The summed E-state index contributed by atoms with van der Waals surface area (Å²) in [6, 6.07) is 11.8. The highest BCUT2D eigenvalue weighted by Crippen LogP contribution is 2.14. The Hall–Kier alpha value is -3.20. The standard InChI is InChI=1S/C14H8N2O4/c17-15(18)13-5-1-3-11(9-13)7-8-12-4-2-6-14(10-12)16(19)20/h1-6,9-10H. The summed E-state index contributed by atoms with van der Waals surface area (Å²) in [7, 11) is 0. The second kappa shape index (κ2) is 5.63. The third kappa shape index (κ3) is 3.17. The quantitative estimate of drug-likeness (QED) is 0.476. The number of nitro groups is 2. The molecule has 0 N–H and O–H groups in total. The van der Waals surface area contributed by atoms with Crippen molar-refractivity contribution in [1.82, 2.24) is 0 Å². The first-order valence-corrected chi connectivity index (χ1v) is 5.57. The zero-order valence-corrected chi connectivity index (χ0v) is 10.1. The fourth-order valence-electron chi connectivity index (χ4n) is 1.54. The first kappa shape index (κ1) is 13.2. The van der Waals surface area contributed by atoms with Crippen molar-refractivity contribution in [2.45, 2.75) is 0 Å². The van der Waals surface area contributed by atoms with Gasteiger partial charge in [0.15, 0.2) is 0 Å². The first-order valence-electron chi connectivity index (χ1n) is 5.57. The molecule has 0 amide bonds. The van der Waals surface area contributed by atoms with E-state index in [0.717, 1.165) is 0 Å². The lowest BCUT2D eigenvalue weighted by Gasteiger charge is -1.93. The summed E-state index contributed by atoms with van der Waals surface area (Å²) in [6.07, 6.45) is 0. The van der Waals surface area contributed by atoms with Crippen LogP contribution in [0.4, 0.5) is 11.4 Å². The molecule has 6 nitrogen and oxygen atoms in total. The lowest BCUT2D eigenvalue weighted by atomic mass is 10.1. The number of hydrogen-bond acceptors (Lipinski definition) is 4. The van der Waals surface area contributed by atoms with E-state index in [-0.39, 0.29) is 11.4 Å². The maximum absolute atomic E-state index is 10.6. The fraction of sp³-hybridized carbons (Fsp3) is 0. The molecule has 0 saturated heterocycles. The molecule has 0 heterocycles. The van der Waals surface area contributed by atoms with Gasteiger partial charge in [-0.3, -0.25) is 20.2 Å². The Balaban J connectivity index is 2.31. The Bertz CT molecular complexity index is 683. The molecule has 0 aliphatic rings. The van der Waals surface area contributed by atoms with Crippen LogP contribution in [0, 0.1) is 32.1 Å². The number of nitro benzene ring substituents is 2. The molecule has 6 heteroatoms. The lowest BCUT2D eigenvalue weighted by Crippen LogP contribution is -1.88.